The third-order valence-electron chi connectivity index (χ3n) is 1.88. The molecule has 0 spiro atoms. The van der Waals surface area contributed by atoms with Gasteiger partial charge in [-0.3, -0.25) is 4.68 Å². The van der Waals surface area contributed by atoms with Crippen LogP contribution in [-0.4, -0.2) is 40.3 Å². The standard InChI is InChI=1S/C9H13ClF3N3O/c10-3-2-8-6-16(15-14-8)4-1-5-17-7-9(11,12)13/h6H,1-5,7H2. The van der Waals surface area contributed by atoms with Gasteiger partial charge in [-0.15, -0.1) is 16.7 Å². The third kappa shape index (κ3) is 6.48. The van der Waals surface area contributed by atoms with Crippen LogP contribution < -0.4 is 0 Å². The highest BCUT2D eigenvalue weighted by Gasteiger charge is 2.27. The number of hydrogen-bond donors (Lipinski definition) is 0. The van der Waals surface area contributed by atoms with E-state index in [1.807, 2.05) is 0 Å². The van der Waals surface area contributed by atoms with Gasteiger partial charge in [-0.1, -0.05) is 5.21 Å². The minimum Gasteiger partial charge on any atom is -0.372 e. The molecular weight excluding hydrogens is 259 g/mol. The molecule has 0 amide bonds. The maximum absolute atomic E-state index is 11.7. The zero-order chi connectivity index (χ0) is 12.7. The van der Waals surface area contributed by atoms with Gasteiger partial charge in [0, 0.05) is 31.6 Å². The van der Waals surface area contributed by atoms with E-state index in [-0.39, 0.29) is 6.61 Å². The number of rotatable bonds is 7. The molecule has 0 atom stereocenters. The molecule has 0 N–H and O–H groups in total. The Kier molecular flexibility index (Phi) is 5.70. The molecule has 1 aromatic heterocycles. The fourth-order valence-electron chi connectivity index (χ4n) is 1.18. The number of hydrogen-bond acceptors (Lipinski definition) is 3. The normalized spacial score (nSPS) is 12.0. The zero-order valence-corrected chi connectivity index (χ0v) is 9.84. The molecule has 0 aliphatic rings. The Balaban J connectivity index is 2.13. The van der Waals surface area contributed by atoms with Gasteiger partial charge in [-0.05, 0) is 6.42 Å². The van der Waals surface area contributed by atoms with Crippen LogP contribution in [0, 0.1) is 0 Å². The van der Waals surface area contributed by atoms with Gasteiger partial charge in [0.1, 0.15) is 6.61 Å². The van der Waals surface area contributed by atoms with Crippen LogP contribution >= 0.6 is 11.6 Å². The number of halogens is 4. The molecular formula is C9H13ClF3N3O. The number of nitrogens with zero attached hydrogens (tertiary/aromatic N) is 3. The second-order valence-corrected chi connectivity index (χ2v) is 3.81. The van der Waals surface area contributed by atoms with Gasteiger partial charge in [0.2, 0.25) is 0 Å². The second-order valence-electron chi connectivity index (χ2n) is 3.43. The van der Waals surface area contributed by atoms with Crippen molar-refractivity contribution in [2.75, 3.05) is 19.1 Å². The van der Waals surface area contributed by atoms with Crippen molar-refractivity contribution in [3.63, 3.8) is 0 Å². The van der Waals surface area contributed by atoms with Crippen molar-refractivity contribution in [2.24, 2.45) is 0 Å². The number of alkyl halides is 4. The molecule has 0 radical (unpaired) electrons. The fourth-order valence-corrected chi connectivity index (χ4v) is 1.37. The van der Waals surface area contributed by atoms with Crippen LogP contribution in [0.2, 0.25) is 0 Å². The average Bonchev–Trinajstić information content (AvgIpc) is 2.64. The van der Waals surface area contributed by atoms with Crippen molar-refractivity contribution in [3.8, 4) is 0 Å². The monoisotopic (exact) mass is 271 g/mol. The Morgan fingerprint density at radius 3 is 2.82 bits per heavy atom. The first-order valence-corrected chi connectivity index (χ1v) is 5.64. The Labute approximate surface area is 102 Å². The summed E-state index contributed by atoms with van der Waals surface area (Å²) in [5.74, 6) is 0.466. The summed E-state index contributed by atoms with van der Waals surface area (Å²) in [5.41, 5.74) is 0.774. The Hall–Kier alpha value is -0.820. The minimum atomic E-state index is -4.26. The highest BCUT2D eigenvalue weighted by molar-refractivity contribution is 6.17. The van der Waals surface area contributed by atoms with Crippen LogP contribution in [0.4, 0.5) is 13.2 Å². The minimum absolute atomic E-state index is 0.0458. The van der Waals surface area contributed by atoms with E-state index in [1.165, 1.54) is 0 Å². The Morgan fingerprint density at radius 2 is 2.18 bits per heavy atom. The van der Waals surface area contributed by atoms with Gasteiger partial charge >= 0.3 is 6.18 Å². The SMILES string of the molecule is FC(F)(F)COCCCn1cc(CCCl)nn1. The van der Waals surface area contributed by atoms with E-state index in [9.17, 15) is 13.2 Å². The molecule has 0 aromatic carbocycles. The van der Waals surface area contributed by atoms with Gasteiger partial charge in [0.05, 0.1) is 5.69 Å². The molecule has 1 aromatic rings. The lowest BCUT2D eigenvalue weighted by atomic mass is 10.4. The smallest absolute Gasteiger partial charge is 0.372 e. The third-order valence-corrected chi connectivity index (χ3v) is 2.07. The molecule has 0 unspecified atom stereocenters. The first-order chi connectivity index (χ1) is 8.01. The largest absolute Gasteiger partial charge is 0.411 e. The summed E-state index contributed by atoms with van der Waals surface area (Å²) in [6.07, 6.45) is -1.45. The maximum Gasteiger partial charge on any atom is 0.411 e. The quantitative estimate of drug-likeness (QED) is 0.563. The zero-order valence-electron chi connectivity index (χ0n) is 9.08. The first kappa shape index (κ1) is 14.2. The van der Waals surface area contributed by atoms with E-state index < -0.39 is 12.8 Å². The second kappa shape index (κ2) is 6.80. The number of aryl methyl sites for hydroxylation is 2. The number of ether oxygens (including phenoxy) is 1. The lowest BCUT2D eigenvalue weighted by Crippen LogP contribution is -2.17. The summed E-state index contributed by atoms with van der Waals surface area (Å²) in [5, 5.41) is 7.66. The summed E-state index contributed by atoms with van der Waals surface area (Å²) in [6, 6.07) is 0. The molecule has 4 nitrogen and oxygen atoms in total. The summed E-state index contributed by atoms with van der Waals surface area (Å²) < 4.78 is 41.2. The van der Waals surface area contributed by atoms with Crippen LogP contribution in [0.15, 0.2) is 6.20 Å². The summed E-state index contributed by atoms with van der Waals surface area (Å²) in [6.45, 7) is -0.681. The molecule has 0 bridgehead atoms. The van der Waals surface area contributed by atoms with Crippen molar-refractivity contribution < 1.29 is 17.9 Å². The molecule has 0 aliphatic heterocycles. The van der Waals surface area contributed by atoms with Crippen molar-refractivity contribution in [2.45, 2.75) is 25.6 Å². The molecule has 8 heteroatoms. The fraction of sp³-hybridized carbons (Fsp3) is 0.778. The van der Waals surface area contributed by atoms with Crippen LogP contribution in [0.1, 0.15) is 12.1 Å². The van der Waals surface area contributed by atoms with Crippen LogP contribution in [0.5, 0.6) is 0 Å². The molecule has 1 rings (SSSR count). The van der Waals surface area contributed by atoms with E-state index in [4.69, 9.17) is 11.6 Å². The van der Waals surface area contributed by atoms with Crippen LogP contribution in [-0.2, 0) is 17.7 Å². The first-order valence-electron chi connectivity index (χ1n) is 5.11. The van der Waals surface area contributed by atoms with Gasteiger partial charge < -0.3 is 4.74 Å². The van der Waals surface area contributed by atoms with E-state index in [2.05, 4.69) is 15.0 Å². The van der Waals surface area contributed by atoms with Crippen molar-refractivity contribution in [1.82, 2.24) is 15.0 Å². The van der Waals surface area contributed by atoms with Crippen LogP contribution in [0.3, 0.4) is 0 Å². The molecule has 0 saturated carbocycles. The molecule has 1 heterocycles. The van der Waals surface area contributed by atoms with Gasteiger partial charge in [-0.2, -0.15) is 13.2 Å². The molecule has 0 aliphatic carbocycles. The van der Waals surface area contributed by atoms with Crippen molar-refractivity contribution >= 4 is 11.6 Å². The van der Waals surface area contributed by atoms with E-state index in [0.29, 0.717) is 25.3 Å². The number of aromatic nitrogens is 3. The maximum atomic E-state index is 11.7. The predicted molar refractivity (Wildman–Crippen MR) is 55.9 cm³/mol. The highest BCUT2D eigenvalue weighted by atomic mass is 35.5. The highest BCUT2D eigenvalue weighted by Crippen LogP contribution is 2.14. The lowest BCUT2D eigenvalue weighted by Gasteiger charge is -2.06. The lowest BCUT2D eigenvalue weighted by molar-refractivity contribution is -0.174. The van der Waals surface area contributed by atoms with Gasteiger partial charge in [0.25, 0.3) is 0 Å². The predicted octanol–water partition coefficient (Wildman–Crippen LogP) is 2.03. The van der Waals surface area contributed by atoms with E-state index >= 15 is 0 Å². The summed E-state index contributed by atoms with van der Waals surface area (Å²) >= 11 is 5.53. The summed E-state index contributed by atoms with van der Waals surface area (Å²) in [4.78, 5) is 0. The Morgan fingerprint density at radius 1 is 1.41 bits per heavy atom. The topological polar surface area (TPSA) is 39.9 Å². The van der Waals surface area contributed by atoms with Crippen molar-refractivity contribution in [1.29, 1.82) is 0 Å². The molecule has 17 heavy (non-hydrogen) atoms. The Bertz CT molecular complexity index is 330. The molecule has 0 fully saturated rings. The van der Waals surface area contributed by atoms with Crippen LogP contribution in [0.25, 0.3) is 0 Å². The molecule has 0 saturated heterocycles. The average molecular weight is 272 g/mol. The van der Waals surface area contributed by atoms with Gasteiger partial charge in [-0.25, -0.2) is 0 Å². The van der Waals surface area contributed by atoms with Gasteiger partial charge in [0.15, 0.2) is 0 Å². The summed E-state index contributed by atoms with van der Waals surface area (Å²) in [7, 11) is 0. The van der Waals surface area contributed by atoms with E-state index in [1.54, 1.807) is 10.9 Å². The van der Waals surface area contributed by atoms with E-state index in [0.717, 1.165) is 5.69 Å². The molecule has 98 valence electrons. The van der Waals surface area contributed by atoms with Crippen molar-refractivity contribution in [3.05, 3.63) is 11.9 Å².